The first-order valence-corrected chi connectivity index (χ1v) is 4.10. The highest BCUT2D eigenvalue weighted by atomic mass is 16.5. The average Bonchev–Trinajstić information content (AvgIpc) is 2.18. The number of terminal acetylenes is 1. The van der Waals surface area contributed by atoms with Crippen LogP contribution in [0.25, 0.3) is 0 Å². The van der Waals surface area contributed by atoms with Crippen molar-refractivity contribution in [3.8, 4) is 18.1 Å². The second kappa shape index (κ2) is 4.54. The van der Waals surface area contributed by atoms with E-state index >= 15 is 0 Å². The van der Waals surface area contributed by atoms with Gasteiger partial charge in [-0.3, -0.25) is 0 Å². The molecule has 2 nitrogen and oxygen atoms in total. The maximum atomic E-state index is 5.30. The van der Waals surface area contributed by atoms with E-state index in [9.17, 15) is 0 Å². The summed E-state index contributed by atoms with van der Waals surface area (Å²) in [5.41, 5.74) is 1.96. The number of benzene rings is 1. The van der Waals surface area contributed by atoms with Crippen molar-refractivity contribution in [1.29, 1.82) is 0 Å². The van der Waals surface area contributed by atoms with Gasteiger partial charge in [0.25, 0.3) is 0 Å². The number of hydrogen-bond donors (Lipinski definition) is 1. The van der Waals surface area contributed by atoms with Crippen molar-refractivity contribution >= 4 is 0 Å². The van der Waals surface area contributed by atoms with Gasteiger partial charge in [0.15, 0.2) is 0 Å². The van der Waals surface area contributed by atoms with Gasteiger partial charge in [-0.15, -0.1) is 6.42 Å². The lowest BCUT2D eigenvalue weighted by Crippen LogP contribution is -2.06. The van der Waals surface area contributed by atoms with Crippen LogP contribution in [-0.4, -0.2) is 14.2 Å². The largest absolute Gasteiger partial charge is 0.496 e. The third-order valence-corrected chi connectivity index (χ3v) is 1.81. The first-order chi connectivity index (χ1) is 6.31. The monoisotopic (exact) mass is 175 g/mol. The molecule has 0 atom stereocenters. The molecule has 68 valence electrons. The Hall–Kier alpha value is -1.46. The summed E-state index contributed by atoms with van der Waals surface area (Å²) in [7, 11) is 3.55. The molecule has 0 saturated heterocycles. The highest BCUT2D eigenvalue weighted by molar-refractivity contribution is 5.43. The van der Waals surface area contributed by atoms with E-state index in [1.807, 2.05) is 25.2 Å². The van der Waals surface area contributed by atoms with Crippen LogP contribution in [0.1, 0.15) is 11.1 Å². The number of hydrogen-bond acceptors (Lipinski definition) is 2. The van der Waals surface area contributed by atoms with Gasteiger partial charge in [0.05, 0.1) is 7.11 Å². The van der Waals surface area contributed by atoms with E-state index in [0.29, 0.717) is 0 Å². The van der Waals surface area contributed by atoms with Crippen LogP contribution in [0.5, 0.6) is 5.75 Å². The fraction of sp³-hybridized carbons (Fsp3) is 0.273. The standard InChI is InChI=1S/C11H13NO/c1-4-9-5-6-11(13-3)10(7-9)8-12-2/h1,5-7,12H,8H2,2-3H3. The van der Waals surface area contributed by atoms with Gasteiger partial charge in [0.2, 0.25) is 0 Å². The summed E-state index contributed by atoms with van der Waals surface area (Å²) in [6.07, 6.45) is 5.30. The molecule has 0 aliphatic carbocycles. The lowest BCUT2D eigenvalue weighted by molar-refractivity contribution is 0.408. The molecule has 0 bridgehead atoms. The van der Waals surface area contributed by atoms with Gasteiger partial charge in [-0.2, -0.15) is 0 Å². The van der Waals surface area contributed by atoms with Gasteiger partial charge in [-0.05, 0) is 25.2 Å². The van der Waals surface area contributed by atoms with Gasteiger partial charge < -0.3 is 10.1 Å². The summed E-state index contributed by atoms with van der Waals surface area (Å²) in [5, 5.41) is 3.06. The Morgan fingerprint density at radius 1 is 1.54 bits per heavy atom. The SMILES string of the molecule is C#Cc1ccc(OC)c(CNC)c1. The fourth-order valence-electron chi connectivity index (χ4n) is 1.20. The van der Waals surface area contributed by atoms with Crippen LogP contribution in [0.3, 0.4) is 0 Å². The van der Waals surface area contributed by atoms with Crippen LogP contribution in [-0.2, 0) is 6.54 Å². The molecular formula is C11H13NO. The predicted molar refractivity (Wildman–Crippen MR) is 53.7 cm³/mol. The minimum atomic E-state index is 0.763. The Morgan fingerprint density at radius 2 is 2.31 bits per heavy atom. The Balaban J connectivity index is 3.04. The highest BCUT2D eigenvalue weighted by Crippen LogP contribution is 2.18. The molecular weight excluding hydrogens is 162 g/mol. The number of ether oxygens (including phenoxy) is 1. The zero-order chi connectivity index (χ0) is 9.68. The van der Waals surface area contributed by atoms with Crippen molar-refractivity contribution in [3.63, 3.8) is 0 Å². The maximum absolute atomic E-state index is 5.30. The first-order valence-electron chi connectivity index (χ1n) is 4.10. The van der Waals surface area contributed by atoms with E-state index in [-0.39, 0.29) is 0 Å². The Bertz CT molecular complexity index is 325. The molecule has 13 heavy (non-hydrogen) atoms. The lowest BCUT2D eigenvalue weighted by Gasteiger charge is -2.07. The molecule has 2 heteroatoms. The van der Waals surface area contributed by atoms with Crippen molar-refractivity contribution < 1.29 is 4.74 Å². The lowest BCUT2D eigenvalue weighted by atomic mass is 10.1. The van der Waals surface area contributed by atoms with Crippen LogP contribution in [0.15, 0.2) is 18.2 Å². The highest BCUT2D eigenvalue weighted by Gasteiger charge is 2.01. The van der Waals surface area contributed by atoms with Gasteiger partial charge in [0.1, 0.15) is 5.75 Å². The maximum Gasteiger partial charge on any atom is 0.123 e. The van der Waals surface area contributed by atoms with E-state index in [4.69, 9.17) is 11.2 Å². The summed E-state index contributed by atoms with van der Waals surface area (Å²) < 4.78 is 5.19. The van der Waals surface area contributed by atoms with Gasteiger partial charge >= 0.3 is 0 Å². The Kier molecular flexibility index (Phi) is 3.36. The van der Waals surface area contributed by atoms with Crippen LogP contribution >= 0.6 is 0 Å². The number of methoxy groups -OCH3 is 1. The molecule has 0 fully saturated rings. The van der Waals surface area contributed by atoms with Crippen molar-refractivity contribution in [2.24, 2.45) is 0 Å². The average molecular weight is 175 g/mol. The van der Waals surface area contributed by atoms with Crippen molar-refractivity contribution in [1.82, 2.24) is 5.32 Å². The molecule has 0 spiro atoms. The normalized spacial score (nSPS) is 9.31. The van der Waals surface area contributed by atoms with Crippen LogP contribution in [0, 0.1) is 12.3 Å². The van der Waals surface area contributed by atoms with Crippen LogP contribution in [0.4, 0.5) is 0 Å². The Morgan fingerprint density at radius 3 is 2.85 bits per heavy atom. The second-order valence-corrected chi connectivity index (χ2v) is 2.70. The molecule has 0 aromatic heterocycles. The summed E-state index contributed by atoms with van der Waals surface area (Å²) in [5.74, 6) is 3.46. The molecule has 0 saturated carbocycles. The molecule has 0 aliphatic rings. The summed E-state index contributed by atoms with van der Waals surface area (Å²) in [4.78, 5) is 0. The van der Waals surface area contributed by atoms with E-state index in [1.54, 1.807) is 7.11 Å². The topological polar surface area (TPSA) is 21.3 Å². The van der Waals surface area contributed by atoms with Gasteiger partial charge in [0, 0.05) is 17.7 Å². The fourth-order valence-corrected chi connectivity index (χ4v) is 1.20. The molecule has 1 rings (SSSR count). The molecule has 0 unspecified atom stereocenters. The van der Waals surface area contributed by atoms with Crippen LogP contribution < -0.4 is 10.1 Å². The molecule has 1 N–H and O–H groups in total. The molecule has 0 amide bonds. The van der Waals surface area contributed by atoms with Crippen molar-refractivity contribution in [2.45, 2.75) is 6.54 Å². The second-order valence-electron chi connectivity index (χ2n) is 2.70. The predicted octanol–water partition coefficient (Wildman–Crippen LogP) is 1.40. The third-order valence-electron chi connectivity index (χ3n) is 1.81. The Labute approximate surface area is 78.9 Å². The zero-order valence-corrected chi connectivity index (χ0v) is 7.92. The van der Waals surface area contributed by atoms with E-state index in [2.05, 4.69) is 11.2 Å². The molecule has 1 aromatic carbocycles. The smallest absolute Gasteiger partial charge is 0.123 e. The number of nitrogens with one attached hydrogen (secondary N) is 1. The molecule has 0 aliphatic heterocycles. The van der Waals surface area contributed by atoms with Crippen molar-refractivity contribution in [2.75, 3.05) is 14.2 Å². The molecule has 0 heterocycles. The van der Waals surface area contributed by atoms with E-state index < -0.39 is 0 Å². The zero-order valence-electron chi connectivity index (χ0n) is 7.92. The van der Waals surface area contributed by atoms with Crippen LogP contribution in [0.2, 0.25) is 0 Å². The van der Waals surface area contributed by atoms with E-state index in [0.717, 1.165) is 23.4 Å². The minimum absolute atomic E-state index is 0.763. The summed E-state index contributed by atoms with van der Waals surface area (Å²) >= 11 is 0. The van der Waals surface area contributed by atoms with Crippen molar-refractivity contribution in [3.05, 3.63) is 29.3 Å². The van der Waals surface area contributed by atoms with E-state index in [1.165, 1.54) is 0 Å². The minimum Gasteiger partial charge on any atom is -0.496 e. The summed E-state index contributed by atoms with van der Waals surface area (Å²) in [6, 6.07) is 5.72. The third kappa shape index (κ3) is 2.24. The summed E-state index contributed by atoms with van der Waals surface area (Å²) in [6.45, 7) is 0.763. The van der Waals surface area contributed by atoms with Gasteiger partial charge in [-0.1, -0.05) is 5.92 Å². The van der Waals surface area contributed by atoms with Gasteiger partial charge in [-0.25, -0.2) is 0 Å². The molecule has 1 aromatic rings. The molecule has 0 radical (unpaired) electrons. The quantitative estimate of drug-likeness (QED) is 0.701. The first kappa shape index (κ1) is 9.63. The number of rotatable bonds is 3.